The number of benzene rings is 8. The molecule has 0 bridgehead atoms. The highest BCUT2D eigenvalue weighted by atomic mass is 16.3. The van der Waals surface area contributed by atoms with Gasteiger partial charge in [-0.2, -0.15) is 0 Å². The predicted molar refractivity (Wildman–Crippen MR) is 234 cm³/mol. The van der Waals surface area contributed by atoms with Gasteiger partial charge in [-0.1, -0.05) is 170 Å². The minimum Gasteiger partial charge on any atom is -0.456 e. The number of aromatic nitrogens is 2. The Morgan fingerprint density at radius 2 is 0.965 bits per heavy atom. The monoisotopic (exact) mass is 728 g/mol. The highest BCUT2D eigenvalue weighted by Crippen LogP contribution is 2.56. The van der Waals surface area contributed by atoms with Crippen molar-refractivity contribution >= 4 is 21.9 Å². The number of rotatable bonds is 6. The van der Waals surface area contributed by atoms with Crippen molar-refractivity contribution in [1.29, 1.82) is 0 Å². The van der Waals surface area contributed by atoms with E-state index < -0.39 is 0 Å². The predicted octanol–water partition coefficient (Wildman–Crippen LogP) is 14.0. The van der Waals surface area contributed by atoms with Crippen LogP contribution in [0.4, 0.5) is 0 Å². The lowest BCUT2D eigenvalue weighted by atomic mass is 9.71. The third kappa shape index (κ3) is 5.35. The van der Waals surface area contributed by atoms with Crippen molar-refractivity contribution in [2.75, 3.05) is 0 Å². The van der Waals surface area contributed by atoms with E-state index in [0.29, 0.717) is 5.82 Å². The van der Waals surface area contributed by atoms with E-state index >= 15 is 0 Å². The summed E-state index contributed by atoms with van der Waals surface area (Å²) in [5.41, 5.74) is 17.3. The molecule has 0 amide bonds. The van der Waals surface area contributed by atoms with Crippen LogP contribution in [0, 0.1) is 0 Å². The van der Waals surface area contributed by atoms with Gasteiger partial charge in [0.05, 0.1) is 11.4 Å². The van der Waals surface area contributed by atoms with Crippen LogP contribution in [0.1, 0.15) is 23.6 Å². The molecule has 0 saturated heterocycles. The molecule has 3 nitrogen and oxygen atoms in total. The zero-order valence-electron chi connectivity index (χ0n) is 31.4. The molecule has 11 rings (SSSR count). The Morgan fingerprint density at radius 1 is 0.386 bits per heavy atom. The summed E-state index contributed by atoms with van der Waals surface area (Å²) in [6.07, 6.45) is 0. The SMILES string of the molecule is CC1(c2ccccc2)c2ccccc2-c2cccc(-c3ccccc3-c3cc(-c4cccc(-c5ccc6oc7ccccc7c6c5)c4)nc(-c4ccccc4)n3)c21. The lowest BCUT2D eigenvalue weighted by Crippen LogP contribution is -2.23. The lowest BCUT2D eigenvalue weighted by Gasteiger charge is -2.30. The smallest absolute Gasteiger partial charge is 0.160 e. The maximum Gasteiger partial charge on any atom is 0.160 e. The third-order valence-electron chi connectivity index (χ3n) is 11.8. The van der Waals surface area contributed by atoms with Gasteiger partial charge in [0.25, 0.3) is 0 Å². The molecule has 2 heterocycles. The van der Waals surface area contributed by atoms with Gasteiger partial charge >= 0.3 is 0 Å². The van der Waals surface area contributed by atoms with Gasteiger partial charge in [-0.15, -0.1) is 0 Å². The summed E-state index contributed by atoms with van der Waals surface area (Å²) in [6.45, 7) is 2.38. The molecule has 0 fully saturated rings. The molecule has 8 aromatic carbocycles. The second-order valence-electron chi connectivity index (χ2n) is 15.0. The van der Waals surface area contributed by atoms with Gasteiger partial charge in [-0.3, -0.25) is 0 Å². The highest BCUT2D eigenvalue weighted by molar-refractivity contribution is 6.06. The first kappa shape index (κ1) is 33.0. The number of para-hydroxylation sites is 1. The van der Waals surface area contributed by atoms with Gasteiger partial charge < -0.3 is 4.42 Å². The Hall–Kier alpha value is -7.36. The van der Waals surface area contributed by atoms with Crippen molar-refractivity contribution in [3.05, 3.63) is 217 Å². The number of furan rings is 1. The molecule has 3 heteroatoms. The summed E-state index contributed by atoms with van der Waals surface area (Å²) in [5.74, 6) is 0.689. The maximum absolute atomic E-state index is 6.15. The minimum atomic E-state index is -0.352. The minimum absolute atomic E-state index is 0.352. The molecule has 1 unspecified atom stereocenters. The Balaban J connectivity index is 1.09. The summed E-state index contributed by atoms with van der Waals surface area (Å²) >= 11 is 0. The van der Waals surface area contributed by atoms with Crippen LogP contribution < -0.4 is 0 Å². The molecule has 2 aromatic heterocycles. The molecule has 57 heavy (non-hydrogen) atoms. The van der Waals surface area contributed by atoms with E-state index in [1.54, 1.807) is 0 Å². The van der Waals surface area contributed by atoms with Crippen LogP contribution in [0.2, 0.25) is 0 Å². The van der Waals surface area contributed by atoms with Crippen molar-refractivity contribution < 1.29 is 4.42 Å². The number of hydrogen-bond acceptors (Lipinski definition) is 3. The zero-order chi connectivity index (χ0) is 37.9. The molecule has 0 radical (unpaired) electrons. The molecule has 10 aromatic rings. The topological polar surface area (TPSA) is 38.9 Å². The van der Waals surface area contributed by atoms with Crippen molar-refractivity contribution in [1.82, 2.24) is 9.97 Å². The van der Waals surface area contributed by atoms with Crippen LogP contribution in [0.25, 0.3) is 89.2 Å². The fourth-order valence-corrected chi connectivity index (χ4v) is 9.05. The normalized spacial score (nSPS) is 14.5. The summed E-state index contributed by atoms with van der Waals surface area (Å²) < 4.78 is 6.15. The number of nitrogens with zero attached hydrogens (tertiary/aromatic N) is 2. The van der Waals surface area contributed by atoms with Crippen LogP contribution in [-0.2, 0) is 5.41 Å². The van der Waals surface area contributed by atoms with E-state index in [1.165, 1.54) is 33.4 Å². The second-order valence-corrected chi connectivity index (χ2v) is 15.0. The quantitative estimate of drug-likeness (QED) is 0.171. The lowest BCUT2D eigenvalue weighted by molar-refractivity contribution is 0.669. The van der Waals surface area contributed by atoms with E-state index in [1.807, 2.05) is 30.3 Å². The van der Waals surface area contributed by atoms with Crippen molar-refractivity contribution in [3.8, 4) is 67.3 Å². The average Bonchev–Trinajstić information content (AvgIpc) is 3.80. The van der Waals surface area contributed by atoms with E-state index in [-0.39, 0.29) is 5.41 Å². The highest BCUT2D eigenvalue weighted by Gasteiger charge is 2.42. The molecule has 1 aliphatic rings. The molecule has 0 spiro atoms. The van der Waals surface area contributed by atoms with Crippen LogP contribution in [-0.4, -0.2) is 9.97 Å². The first-order chi connectivity index (χ1) is 28.1. The Morgan fingerprint density at radius 3 is 1.81 bits per heavy atom. The number of fused-ring (bicyclic) bond motifs is 6. The second kappa shape index (κ2) is 13.1. The van der Waals surface area contributed by atoms with Crippen molar-refractivity contribution in [2.45, 2.75) is 12.3 Å². The van der Waals surface area contributed by atoms with E-state index in [2.05, 4.69) is 177 Å². The summed E-state index contributed by atoms with van der Waals surface area (Å²) in [5, 5.41) is 2.23. The average molecular weight is 729 g/mol. The Kier molecular flexibility index (Phi) is 7.61. The zero-order valence-corrected chi connectivity index (χ0v) is 31.4. The molecule has 1 atom stereocenters. The fourth-order valence-electron chi connectivity index (χ4n) is 9.05. The van der Waals surface area contributed by atoms with Gasteiger partial charge in [-0.05, 0) is 87.3 Å². The largest absolute Gasteiger partial charge is 0.456 e. The Labute approximate surface area is 331 Å². The Bertz CT molecular complexity index is 3140. The van der Waals surface area contributed by atoms with Crippen LogP contribution in [0.5, 0.6) is 0 Å². The first-order valence-corrected chi connectivity index (χ1v) is 19.5. The first-order valence-electron chi connectivity index (χ1n) is 19.5. The molecule has 268 valence electrons. The van der Waals surface area contributed by atoms with Gasteiger partial charge in [-0.25, -0.2) is 9.97 Å². The molecule has 0 aliphatic heterocycles. The van der Waals surface area contributed by atoms with Gasteiger partial charge in [0.2, 0.25) is 0 Å². The van der Waals surface area contributed by atoms with Crippen molar-refractivity contribution in [3.63, 3.8) is 0 Å². The van der Waals surface area contributed by atoms with Crippen LogP contribution in [0.15, 0.2) is 205 Å². The van der Waals surface area contributed by atoms with Gasteiger partial charge in [0.1, 0.15) is 11.2 Å². The van der Waals surface area contributed by atoms with Crippen LogP contribution >= 0.6 is 0 Å². The van der Waals surface area contributed by atoms with Gasteiger partial charge in [0, 0.05) is 32.9 Å². The summed E-state index contributed by atoms with van der Waals surface area (Å²) in [7, 11) is 0. The van der Waals surface area contributed by atoms with Crippen LogP contribution in [0.3, 0.4) is 0 Å². The standard InChI is InChI=1S/C54H36N2O/c1-54(39-20-6-3-7-21-39)47-28-12-10-23-41(47)45-27-15-26-44(52(45)54)40-22-8-9-24-42(40)49-34-48(55-53(56-49)35-16-4-2-5-17-35)38-19-14-18-36(32-38)37-30-31-51-46(33-37)43-25-11-13-29-50(43)57-51/h2-34H,1H3. The molecule has 0 saturated carbocycles. The molecular weight excluding hydrogens is 693 g/mol. The summed E-state index contributed by atoms with van der Waals surface area (Å²) in [4.78, 5) is 10.6. The summed E-state index contributed by atoms with van der Waals surface area (Å²) in [6, 6.07) is 71.1. The third-order valence-corrected chi connectivity index (χ3v) is 11.8. The maximum atomic E-state index is 6.15. The van der Waals surface area contributed by atoms with E-state index in [4.69, 9.17) is 14.4 Å². The molecular formula is C54H36N2O. The fraction of sp³-hybridized carbons (Fsp3) is 0.0370. The number of hydrogen-bond donors (Lipinski definition) is 0. The molecule has 0 N–H and O–H groups in total. The van der Waals surface area contributed by atoms with Crippen molar-refractivity contribution in [2.24, 2.45) is 0 Å². The van der Waals surface area contributed by atoms with E-state index in [0.717, 1.165) is 66.7 Å². The van der Waals surface area contributed by atoms with E-state index in [9.17, 15) is 0 Å². The molecule has 1 aliphatic carbocycles. The van der Waals surface area contributed by atoms with Gasteiger partial charge in [0.15, 0.2) is 5.82 Å².